The van der Waals surface area contributed by atoms with Crippen LogP contribution in [0, 0.1) is 0 Å². The van der Waals surface area contributed by atoms with E-state index in [1.54, 1.807) is 6.07 Å². The fourth-order valence-electron chi connectivity index (χ4n) is 1.91. The number of hydrogen-bond donors (Lipinski definition) is 1. The molecule has 0 fully saturated rings. The van der Waals surface area contributed by atoms with Gasteiger partial charge in [0.05, 0.1) is 11.1 Å². The molecule has 1 aromatic carbocycles. The van der Waals surface area contributed by atoms with E-state index < -0.39 is 0 Å². The zero-order chi connectivity index (χ0) is 11.5. The van der Waals surface area contributed by atoms with Crippen LogP contribution in [0.15, 0.2) is 18.2 Å². The zero-order valence-electron chi connectivity index (χ0n) is 8.75. The van der Waals surface area contributed by atoms with Crippen LogP contribution in [0.2, 0.25) is 0 Å². The molecule has 1 aromatic rings. The van der Waals surface area contributed by atoms with Crippen LogP contribution in [0.1, 0.15) is 39.1 Å². The quantitative estimate of drug-likeness (QED) is 0.495. The summed E-state index contributed by atoms with van der Waals surface area (Å²) in [4.78, 5) is 23.0. The summed E-state index contributed by atoms with van der Waals surface area (Å²) in [7, 11) is 0. The maximum absolute atomic E-state index is 11.6. The Morgan fingerprint density at radius 1 is 1.12 bits per heavy atom. The molecule has 0 spiro atoms. The molecule has 0 radical (unpaired) electrons. The monoisotopic (exact) mass is 237 g/mol. The normalized spacial score (nSPS) is 13.8. The number of carbonyl (C=O) groups excluding carboxylic acids is 2. The van der Waals surface area contributed by atoms with Gasteiger partial charge in [-0.05, 0) is 30.9 Å². The Kier molecular flexibility index (Phi) is 3.25. The van der Waals surface area contributed by atoms with E-state index in [2.05, 4.69) is 5.32 Å². The minimum Gasteiger partial charge on any atom is -0.288 e. The van der Waals surface area contributed by atoms with Gasteiger partial charge in [-0.2, -0.15) is 0 Å². The Morgan fingerprint density at radius 3 is 2.69 bits per heavy atom. The highest BCUT2D eigenvalue weighted by molar-refractivity contribution is 6.22. The average molecular weight is 238 g/mol. The van der Waals surface area contributed by atoms with E-state index in [0.29, 0.717) is 17.0 Å². The molecule has 3 nitrogen and oxygen atoms in total. The first-order valence-electron chi connectivity index (χ1n) is 5.27. The number of nitrogens with one attached hydrogen (secondary N) is 1. The molecule has 4 heteroatoms. The first-order valence-corrected chi connectivity index (χ1v) is 5.81. The fraction of sp³-hybridized carbons (Fsp3) is 0.333. The van der Waals surface area contributed by atoms with Crippen LogP contribution < -0.4 is 5.32 Å². The summed E-state index contributed by atoms with van der Waals surface area (Å²) in [6.45, 7) is 0. The molecule has 1 aliphatic heterocycles. The highest BCUT2D eigenvalue weighted by Crippen LogP contribution is 2.21. The van der Waals surface area contributed by atoms with Crippen LogP contribution in [0.3, 0.4) is 0 Å². The van der Waals surface area contributed by atoms with Crippen LogP contribution in [-0.4, -0.2) is 17.7 Å². The van der Waals surface area contributed by atoms with E-state index >= 15 is 0 Å². The standard InChI is InChI=1S/C12H12ClNO2/c13-7-2-1-4-8-5-3-6-9-10(8)12(16)14-11(9)15/h3,5-6H,1-2,4,7H2,(H,14,15,16). The second-order valence-corrected chi connectivity index (χ2v) is 4.15. The van der Waals surface area contributed by atoms with Gasteiger partial charge in [-0.25, -0.2) is 0 Å². The lowest BCUT2D eigenvalue weighted by atomic mass is 9.98. The van der Waals surface area contributed by atoms with Gasteiger partial charge in [-0.1, -0.05) is 12.1 Å². The largest absolute Gasteiger partial charge is 0.288 e. The van der Waals surface area contributed by atoms with Crippen LogP contribution in [0.4, 0.5) is 0 Å². The minimum absolute atomic E-state index is 0.276. The zero-order valence-corrected chi connectivity index (χ0v) is 9.51. The third-order valence-electron chi connectivity index (χ3n) is 2.68. The molecule has 0 aliphatic carbocycles. The maximum Gasteiger partial charge on any atom is 0.259 e. The summed E-state index contributed by atoms with van der Waals surface area (Å²) in [5.74, 6) is 0.0563. The van der Waals surface area contributed by atoms with Gasteiger partial charge in [0.2, 0.25) is 0 Å². The lowest BCUT2D eigenvalue weighted by Crippen LogP contribution is -2.20. The Balaban J connectivity index is 2.27. The van der Waals surface area contributed by atoms with Gasteiger partial charge < -0.3 is 0 Å². The number of halogens is 1. The summed E-state index contributed by atoms with van der Waals surface area (Å²) in [5, 5.41) is 2.31. The van der Waals surface area contributed by atoms with E-state index in [0.717, 1.165) is 24.8 Å². The molecule has 2 rings (SSSR count). The number of fused-ring (bicyclic) bond motifs is 1. The molecular weight excluding hydrogens is 226 g/mol. The summed E-state index contributed by atoms with van der Waals surface area (Å²) >= 11 is 5.60. The van der Waals surface area contributed by atoms with E-state index in [4.69, 9.17) is 11.6 Å². The average Bonchev–Trinajstić information content (AvgIpc) is 2.56. The van der Waals surface area contributed by atoms with Gasteiger partial charge in [0, 0.05) is 5.88 Å². The summed E-state index contributed by atoms with van der Waals surface area (Å²) < 4.78 is 0. The summed E-state index contributed by atoms with van der Waals surface area (Å²) in [6.07, 6.45) is 2.64. The second-order valence-electron chi connectivity index (χ2n) is 3.77. The molecule has 0 saturated carbocycles. The van der Waals surface area contributed by atoms with Crippen LogP contribution in [-0.2, 0) is 6.42 Å². The molecule has 0 aromatic heterocycles. The van der Waals surface area contributed by atoms with Crippen molar-refractivity contribution in [1.29, 1.82) is 0 Å². The lowest BCUT2D eigenvalue weighted by Gasteiger charge is -2.04. The first kappa shape index (κ1) is 11.1. The number of imide groups is 1. The number of hydrogen-bond acceptors (Lipinski definition) is 2. The van der Waals surface area contributed by atoms with Crippen molar-refractivity contribution in [2.75, 3.05) is 5.88 Å². The van der Waals surface area contributed by atoms with Crippen molar-refractivity contribution in [3.05, 3.63) is 34.9 Å². The smallest absolute Gasteiger partial charge is 0.259 e. The van der Waals surface area contributed by atoms with Crippen LogP contribution in [0.5, 0.6) is 0 Å². The minimum atomic E-state index is -0.292. The molecule has 1 aliphatic rings. The van der Waals surface area contributed by atoms with Gasteiger partial charge in [0.1, 0.15) is 0 Å². The predicted octanol–water partition coefficient (Wildman–Crippen LogP) is 2.13. The topological polar surface area (TPSA) is 46.2 Å². The van der Waals surface area contributed by atoms with E-state index in [1.165, 1.54) is 0 Å². The van der Waals surface area contributed by atoms with Crippen molar-refractivity contribution < 1.29 is 9.59 Å². The summed E-state index contributed by atoms with van der Waals surface area (Å²) in [6, 6.07) is 5.39. The van der Waals surface area contributed by atoms with E-state index in [1.807, 2.05) is 12.1 Å². The number of aryl methyl sites for hydroxylation is 1. The number of alkyl halides is 1. The Morgan fingerprint density at radius 2 is 1.94 bits per heavy atom. The number of unbranched alkanes of at least 4 members (excludes halogenated alkanes) is 1. The molecule has 0 bridgehead atoms. The van der Waals surface area contributed by atoms with Gasteiger partial charge in [0.25, 0.3) is 11.8 Å². The molecule has 0 saturated heterocycles. The number of rotatable bonds is 4. The predicted molar refractivity (Wildman–Crippen MR) is 61.9 cm³/mol. The third-order valence-corrected chi connectivity index (χ3v) is 2.95. The van der Waals surface area contributed by atoms with Crippen molar-refractivity contribution in [2.45, 2.75) is 19.3 Å². The highest BCUT2D eigenvalue weighted by atomic mass is 35.5. The van der Waals surface area contributed by atoms with Crippen molar-refractivity contribution in [1.82, 2.24) is 5.32 Å². The third kappa shape index (κ3) is 1.95. The second kappa shape index (κ2) is 4.66. The molecule has 0 atom stereocenters. The van der Waals surface area contributed by atoms with E-state index in [-0.39, 0.29) is 11.8 Å². The van der Waals surface area contributed by atoms with Gasteiger partial charge in [-0.3, -0.25) is 14.9 Å². The van der Waals surface area contributed by atoms with E-state index in [9.17, 15) is 9.59 Å². The number of amides is 2. The molecule has 2 amide bonds. The lowest BCUT2D eigenvalue weighted by molar-refractivity contribution is 0.0879. The summed E-state index contributed by atoms with van der Waals surface area (Å²) in [5.41, 5.74) is 1.97. The van der Waals surface area contributed by atoms with Crippen molar-refractivity contribution in [3.63, 3.8) is 0 Å². The first-order chi connectivity index (χ1) is 7.74. The molecular formula is C12H12ClNO2. The Bertz CT molecular complexity index is 443. The van der Waals surface area contributed by atoms with Crippen molar-refractivity contribution in [3.8, 4) is 0 Å². The molecule has 1 heterocycles. The highest BCUT2D eigenvalue weighted by Gasteiger charge is 2.28. The SMILES string of the molecule is O=C1NC(=O)c2c(CCCCCl)cccc21. The van der Waals surface area contributed by atoms with Crippen LogP contribution in [0.25, 0.3) is 0 Å². The van der Waals surface area contributed by atoms with Crippen molar-refractivity contribution in [2.24, 2.45) is 0 Å². The van der Waals surface area contributed by atoms with Gasteiger partial charge in [-0.15, -0.1) is 11.6 Å². The maximum atomic E-state index is 11.6. The van der Waals surface area contributed by atoms with Gasteiger partial charge >= 0.3 is 0 Å². The molecule has 1 N–H and O–H groups in total. The van der Waals surface area contributed by atoms with Crippen LogP contribution >= 0.6 is 11.6 Å². The Labute approximate surface area is 98.8 Å². The Hall–Kier alpha value is -1.35. The number of benzene rings is 1. The molecule has 84 valence electrons. The molecule has 0 unspecified atom stereocenters. The number of carbonyl (C=O) groups is 2. The molecule has 16 heavy (non-hydrogen) atoms. The van der Waals surface area contributed by atoms with Gasteiger partial charge in [0.15, 0.2) is 0 Å². The fourth-order valence-corrected chi connectivity index (χ4v) is 2.10. The van der Waals surface area contributed by atoms with Crippen molar-refractivity contribution >= 4 is 23.4 Å².